The van der Waals surface area contributed by atoms with E-state index in [9.17, 15) is 9.18 Å². The molecule has 1 heterocycles. The number of hydrogen-bond acceptors (Lipinski definition) is 3. The molecule has 1 aliphatic rings. The van der Waals surface area contributed by atoms with Crippen LogP contribution in [0.1, 0.15) is 30.1 Å². The molecule has 1 aromatic rings. The van der Waals surface area contributed by atoms with Gasteiger partial charge in [0.05, 0.1) is 17.7 Å². The molecule has 5 heteroatoms. The lowest BCUT2D eigenvalue weighted by molar-refractivity contribution is 0.0271. The van der Waals surface area contributed by atoms with E-state index in [-0.39, 0.29) is 5.56 Å². The van der Waals surface area contributed by atoms with Gasteiger partial charge >= 0.3 is 0 Å². The molecular weight excluding hydrogens is 253 g/mol. The van der Waals surface area contributed by atoms with Crippen molar-refractivity contribution in [2.24, 2.45) is 0 Å². The number of rotatable bonds is 2. The molecule has 3 nitrogen and oxygen atoms in total. The van der Waals surface area contributed by atoms with Crippen LogP contribution in [0.25, 0.3) is 0 Å². The molecule has 98 valence electrons. The molecular formula is C13H16FNO2S. The molecule has 1 saturated heterocycles. The highest BCUT2D eigenvalue weighted by Crippen LogP contribution is 2.20. The first-order valence-corrected chi connectivity index (χ1v) is 6.34. The van der Waals surface area contributed by atoms with Crippen molar-refractivity contribution in [3.8, 4) is 0 Å². The predicted octanol–water partition coefficient (Wildman–Crippen LogP) is 2.41. The van der Waals surface area contributed by atoms with E-state index in [2.05, 4.69) is 17.9 Å². The fraction of sp³-hybridized carbons (Fsp3) is 0.462. The topological polar surface area (TPSA) is 38.3 Å². The average molecular weight is 269 g/mol. The molecule has 1 atom stereocenters. The Labute approximate surface area is 111 Å². The van der Waals surface area contributed by atoms with Crippen molar-refractivity contribution in [1.82, 2.24) is 5.32 Å². The van der Waals surface area contributed by atoms with Gasteiger partial charge in [0.15, 0.2) is 0 Å². The molecule has 1 N–H and O–H groups in total. The molecule has 0 aromatic heterocycles. The van der Waals surface area contributed by atoms with Crippen LogP contribution in [0.15, 0.2) is 23.1 Å². The van der Waals surface area contributed by atoms with E-state index in [1.807, 2.05) is 6.92 Å². The van der Waals surface area contributed by atoms with Crippen LogP contribution in [-0.2, 0) is 4.74 Å². The number of nitrogens with one attached hydrogen (secondary N) is 1. The SMILES string of the molecule is CC1(NC(=O)c2cc(S)ccc2F)CCCOC1. The van der Waals surface area contributed by atoms with Gasteiger partial charge in [-0.05, 0) is 38.0 Å². The van der Waals surface area contributed by atoms with Gasteiger partial charge < -0.3 is 10.1 Å². The molecule has 0 bridgehead atoms. The molecule has 2 rings (SSSR count). The first kappa shape index (κ1) is 13.4. The monoisotopic (exact) mass is 269 g/mol. The number of carbonyl (C=O) groups is 1. The summed E-state index contributed by atoms with van der Waals surface area (Å²) in [6.45, 7) is 3.08. The van der Waals surface area contributed by atoms with Crippen LogP contribution >= 0.6 is 12.6 Å². The molecule has 1 aliphatic heterocycles. The van der Waals surface area contributed by atoms with Gasteiger partial charge in [0.1, 0.15) is 5.82 Å². The van der Waals surface area contributed by atoms with Crippen molar-refractivity contribution >= 4 is 18.5 Å². The second-order valence-corrected chi connectivity index (χ2v) is 5.35. The van der Waals surface area contributed by atoms with Crippen molar-refractivity contribution < 1.29 is 13.9 Å². The lowest BCUT2D eigenvalue weighted by Crippen LogP contribution is -2.51. The lowest BCUT2D eigenvalue weighted by Gasteiger charge is -2.34. The molecule has 0 radical (unpaired) electrons. The van der Waals surface area contributed by atoms with Gasteiger partial charge in [-0.2, -0.15) is 0 Å². The maximum atomic E-state index is 13.6. The highest BCUT2D eigenvalue weighted by molar-refractivity contribution is 7.80. The summed E-state index contributed by atoms with van der Waals surface area (Å²) >= 11 is 4.11. The zero-order chi connectivity index (χ0) is 13.2. The van der Waals surface area contributed by atoms with Crippen molar-refractivity contribution in [2.45, 2.75) is 30.2 Å². The quantitative estimate of drug-likeness (QED) is 0.809. The van der Waals surface area contributed by atoms with E-state index in [1.54, 1.807) is 0 Å². The minimum Gasteiger partial charge on any atom is -0.379 e. The summed E-state index contributed by atoms with van der Waals surface area (Å²) in [5.41, 5.74) is -0.400. The lowest BCUT2D eigenvalue weighted by atomic mass is 9.94. The summed E-state index contributed by atoms with van der Waals surface area (Å²) in [6.07, 6.45) is 1.73. The number of hydrogen-bond donors (Lipinski definition) is 2. The first-order valence-electron chi connectivity index (χ1n) is 5.89. The Morgan fingerprint density at radius 3 is 3.00 bits per heavy atom. The van der Waals surface area contributed by atoms with E-state index >= 15 is 0 Å². The normalized spacial score (nSPS) is 23.7. The van der Waals surface area contributed by atoms with Crippen LogP contribution in [0.5, 0.6) is 0 Å². The summed E-state index contributed by atoms with van der Waals surface area (Å²) < 4.78 is 18.9. The zero-order valence-electron chi connectivity index (χ0n) is 10.2. The molecule has 1 amide bonds. The number of amides is 1. The fourth-order valence-electron chi connectivity index (χ4n) is 2.06. The van der Waals surface area contributed by atoms with E-state index in [0.29, 0.717) is 18.1 Å². The Hall–Kier alpha value is -1.07. The molecule has 1 aromatic carbocycles. The van der Waals surface area contributed by atoms with Crippen LogP contribution in [0.4, 0.5) is 4.39 Å². The second-order valence-electron chi connectivity index (χ2n) is 4.84. The smallest absolute Gasteiger partial charge is 0.254 e. The van der Waals surface area contributed by atoms with Crippen LogP contribution in [0.3, 0.4) is 0 Å². The van der Waals surface area contributed by atoms with Crippen LogP contribution in [0.2, 0.25) is 0 Å². The first-order chi connectivity index (χ1) is 8.50. The van der Waals surface area contributed by atoms with Gasteiger partial charge in [-0.1, -0.05) is 0 Å². The number of carbonyl (C=O) groups excluding carboxylic acids is 1. The standard InChI is InChI=1S/C13H16FNO2S/c1-13(5-2-6-17-8-13)15-12(16)10-7-9(18)3-4-11(10)14/h3-4,7,18H,2,5-6,8H2,1H3,(H,15,16). The Kier molecular flexibility index (Phi) is 3.92. The Balaban J connectivity index is 2.14. The molecule has 1 fully saturated rings. The molecule has 0 saturated carbocycles. The van der Waals surface area contributed by atoms with Crippen molar-refractivity contribution in [3.63, 3.8) is 0 Å². The van der Waals surface area contributed by atoms with Crippen molar-refractivity contribution in [3.05, 3.63) is 29.6 Å². The average Bonchev–Trinajstić information content (AvgIpc) is 2.32. The van der Waals surface area contributed by atoms with Crippen molar-refractivity contribution in [1.29, 1.82) is 0 Å². The molecule has 1 unspecified atom stereocenters. The minimum atomic E-state index is -0.536. The summed E-state index contributed by atoms with van der Waals surface area (Å²) in [5, 5.41) is 2.84. The maximum absolute atomic E-state index is 13.6. The van der Waals surface area contributed by atoms with Crippen molar-refractivity contribution in [2.75, 3.05) is 13.2 Å². The van der Waals surface area contributed by atoms with Gasteiger partial charge in [0.25, 0.3) is 5.91 Å². The molecule has 18 heavy (non-hydrogen) atoms. The van der Waals surface area contributed by atoms with Gasteiger partial charge in [-0.25, -0.2) is 4.39 Å². The van der Waals surface area contributed by atoms with E-state index < -0.39 is 17.3 Å². The van der Waals surface area contributed by atoms with E-state index in [0.717, 1.165) is 12.8 Å². The van der Waals surface area contributed by atoms with Gasteiger partial charge in [-0.15, -0.1) is 12.6 Å². The summed E-state index contributed by atoms with van der Waals surface area (Å²) in [6, 6.07) is 4.19. The van der Waals surface area contributed by atoms with Crippen LogP contribution < -0.4 is 5.32 Å². The number of halogens is 1. The highest BCUT2D eigenvalue weighted by Gasteiger charge is 2.30. The number of ether oxygens (including phenoxy) is 1. The Bertz CT molecular complexity index is 458. The highest BCUT2D eigenvalue weighted by atomic mass is 32.1. The number of thiol groups is 1. The largest absolute Gasteiger partial charge is 0.379 e. The van der Waals surface area contributed by atoms with Crippen LogP contribution in [-0.4, -0.2) is 24.7 Å². The van der Waals surface area contributed by atoms with Gasteiger partial charge in [0, 0.05) is 11.5 Å². The second kappa shape index (κ2) is 5.28. The predicted molar refractivity (Wildman–Crippen MR) is 69.6 cm³/mol. The Morgan fingerprint density at radius 2 is 2.33 bits per heavy atom. The van der Waals surface area contributed by atoms with E-state index in [1.165, 1.54) is 18.2 Å². The van der Waals surface area contributed by atoms with Crippen LogP contribution in [0, 0.1) is 5.82 Å². The third-order valence-corrected chi connectivity index (χ3v) is 3.33. The van der Waals surface area contributed by atoms with Gasteiger partial charge in [0.2, 0.25) is 0 Å². The summed E-state index contributed by atoms with van der Waals surface area (Å²) in [4.78, 5) is 12.6. The number of benzene rings is 1. The zero-order valence-corrected chi connectivity index (χ0v) is 11.1. The third-order valence-electron chi connectivity index (χ3n) is 3.05. The maximum Gasteiger partial charge on any atom is 0.254 e. The summed E-state index contributed by atoms with van der Waals surface area (Å²) in [5.74, 6) is -0.956. The molecule has 0 spiro atoms. The van der Waals surface area contributed by atoms with Gasteiger partial charge in [-0.3, -0.25) is 4.79 Å². The molecule has 0 aliphatic carbocycles. The minimum absolute atomic E-state index is 0.0225. The summed E-state index contributed by atoms with van der Waals surface area (Å²) in [7, 11) is 0. The van der Waals surface area contributed by atoms with E-state index in [4.69, 9.17) is 4.74 Å². The Morgan fingerprint density at radius 1 is 1.56 bits per heavy atom. The third kappa shape index (κ3) is 3.03. The fourth-order valence-corrected chi connectivity index (χ4v) is 2.26.